The Morgan fingerprint density at radius 2 is 2.36 bits per heavy atom. The fourth-order valence-electron chi connectivity index (χ4n) is 0.893. The molecule has 1 rings (SSSR count). The van der Waals surface area contributed by atoms with E-state index < -0.39 is 0 Å². The molecule has 0 N–H and O–H groups in total. The molecule has 0 spiro atoms. The molecule has 0 aliphatic carbocycles. The highest BCUT2D eigenvalue weighted by Crippen LogP contribution is 2.21. The summed E-state index contributed by atoms with van der Waals surface area (Å²) >= 11 is 11.2. The molecule has 0 aliphatic rings. The van der Waals surface area contributed by atoms with Gasteiger partial charge in [0.05, 0.1) is 10.7 Å². The second kappa shape index (κ2) is 3.28. The summed E-state index contributed by atoms with van der Waals surface area (Å²) in [4.78, 5) is 0. The second-order valence-corrected chi connectivity index (χ2v) is 2.88. The highest BCUT2D eigenvalue weighted by Gasteiger charge is 2.04. The maximum atomic E-state index is 5.79. The minimum atomic E-state index is 0.525. The van der Waals surface area contributed by atoms with Crippen LogP contribution in [0.2, 0.25) is 0 Å². The van der Waals surface area contributed by atoms with Gasteiger partial charge in [-0.1, -0.05) is 23.2 Å². The summed E-state index contributed by atoms with van der Waals surface area (Å²) in [6.07, 6.45) is 1.83. The topological polar surface area (TPSA) is 17.8 Å². The van der Waals surface area contributed by atoms with Crippen molar-refractivity contribution in [2.45, 2.75) is 6.92 Å². The average Bonchev–Trinajstić information content (AvgIpc) is 2.28. The second-order valence-electron chi connectivity index (χ2n) is 2.26. The van der Waals surface area contributed by atoms with Gasteiger partial charge < -0.3 is 0 Å². The van der Waals surface area contributed by atoms with E-state index in [2.05, 4.69) is 5.10 Å². The van der Waals surface area contributed by atoms with Crippen molar-refractivity contribution in [2.24, 2.45) is 7.05 Å². The van der Waals surface area contributed by atoms with Gasteiger partial charge in [-0.2, -0.15) is 5.10 Å². The van der Waals surface area contributed by atoms with Crippen molar-refractivity contribution in [3.8, 4) is 0 Å². The number of aromatic nitrogens is 2. The highest BCUT2D eigenvalue weighted by molar-refractivity contribution is 6.53. The van der Waals surface area contributed by atoms with Gasteiger partial charge in [0.1, 0.15) is 0 Å². The quantitative estimate of drug-likeness (QED) is 0.666. The Balaban J connectivity index is 3.13. The van der Waals surface area contributed by atoms with Crippen LogP contribution in [0.4, 0.5) is 0 Å². The van der Waals surface area contributed by atoms with Gasteiger partial charge in [0, 0.05) is 24.3 Å². The van der Waals surface area contributed by atoms with Crippen LogP contribution in [0.25, 0.3) is 5.03 Å². The summed E-state index contributed by atoms with van der Waals surface area (Å²) < 4.78 is 1.70. The largest absolute Gasteiger partial charge is 0.275 e. The molecule has 0 aromatic carbocycles. The first-order chi connectivity index (χ1) is 5.15. The molecular weight excluding hydrogens is 183 g/mol. The molecule has 0 amide bonds. The minimum absolute atomic E-state index is 0.525. The molecule has 0 atom stereocenters. The zero-order valence-corrected chi connectivity index (χ0v) is 7.82. The van der Waals surface area contributed by atoms with Crippen molar-refractivity contribution in [2.75, 3.05) is 0 Å². The number of rotatable bonds is 1. The van der Waals surface area contributed by atoms with Gasteiger partial charge in [-0.05, 0) is 6.92 Å². The smallest absolute Gasteiger partial charge is 0.0681 e. The Labute approximate surface area is 75.4 Å². The molecule has 0 fully saturated rings. The minimum Gasteiger partial charge on any atom is -0.275 e. The lowest BCUT2D eigenvalue weighted by atomic mass is 10.3. The van der Waals surface area contributed by atoms with Gasteiger partial charge in [0.15, 0.2) is 0 Å². The van der Waals surface area contributed by atoms with Crippen LogP contribution in [-0.2, 0) is 7.05 Å². The molecule has 0 bridgehead atoms. The average molecular weight is 191 g/mol. The van der Waals surface area contributed by atoms with Crippen LogP contribution in [0.3, 0.4) is 0 Å². The third kappa shape index (κ3) is 1.76. The van der Waals surface area contributed by atoms with E-state index in [1.165, 1.54) is 5.54 Å². The van der Waals surface area contributed by atoms with Crippen LogP contribution < -0.4 is 0 Å². The van der Waals surface area contributed by atoms with Crippen molar-refractivity contribution in [1.29, 1.82) is 0 Å². The lowest BCUT2D eigenvalue weighted by Gasteiger charge is -1.90. The SMILES string of the molecule is Cc1nn(C)cc1/C(Cl)=C\Cl. The van der Waals surface area contributed by atoms with Crippen LogP contribution in [-0.4, -0.2) is 9.78 Å². The number of halogens is 2. The predicted octanol–water partition coefficient (Wildman–Crippen LogP) is 2.50. The molecule has 0 saturated heterocycles. The molecule has 0 aliphatic heterocycles. The summed E-state index contributed by atoms with van der Waals surface area (Å²) in [5.41, 5.74) is 3.10. The summed E-state index contributed by atoms with van der Waals surface area (Å²) in [7, 11) is 1.84. The van der Waals surface area contributed by atoms with Crippen molar-refractivity contribution >= 4 is 28.2 Å². The Morgan fingerprint density at radius 1 is 1.73 bits per heavy atom. The van der Waals surface area contributed by atoms with Gasteiger partial charge in [-0.3, -0.25) is 4.68 Å². The first-order valence-electron chi connectivity index (χ1n) is 3.11. The first-order valence-corrected chi connectivity index (χ1v) is 3.93. The summed E-state index contributed by atoms with van der Waals surface area (Å²) in [6, 6.07) is 0. The number of nitrogens with zero attached hydrogens (tertiary/aromatic N) is 2. The Kier molecular flexibility index (Phi) is 2.58. The van der Waals surface area contributed by atoms with E-state index in [-0.39, 0.29) is 0 Å². The molecule has 1 aromatic heterocycles. The molecule has 60 valence electrons. The summed E-state index contributed by atoms with van der Waals surface area (Å²) in [5, 5.41) is 4.64. The lowest BCUT2D eigenvalue weighted by Crippen LogP contribution is -1.86. The van der Waals surface area contributed by atoms with E-state index in [0.717, 1.165) is 11.3 Å². The molecule has 11 heavy (non-hydrogen) atoms. The summed E-state index contributed by atoms with van der Waals surface area (Å²) in [5.74, 6) is 0. The predicted molar refractivity (Wildman–Crippen MR) is 47.6 cm³/mol. The van der Waals surface area contributed by atoms with Crippen molar-refractivity contribution < 1.29 is 0 Å². The zero-order chi connectivity index (χ0) is 8.43. The van der Waals surface area contributed by atoms with Crippen LogP contribution in [0.15, 0.2) is 11.7 Å². The van der Waals surface area contributed by atoms with E-state index in [4.69, 9.17) is 23.2 Å². The standard InChI is InChI=1S/C7H8Cl2N2/c1-5-6(7(9)3-8)4-11(2)10-5/h3-4H,1-2H3/b7-3+. The molecule has 0 unspecified atom stereocenters. The maximum Gasteiger partial charge on any atom is 0.0681 e. The molecule has 2 nitrogen and oxygen atoms in total. The van der Waals surface area contributed by atoms with E-state index in [0.29, 0.717) is 5.03 Å². The maximum absolute atomic E-state index is 5.79. The van der Waals surface area contributed by atoms with E-state index >= 15 is 0 Å². The Bertz CT molecular complexity index is 289. The van der Waals surface area contributed by atoms with Crippen molar-refractivity contribution in [3.05, 3.63) is 23.0 Å². The Hall–Kier alpha value is -0.470. The van der Waals surface area contributed by atoms with Gasteiger partial charge >= 0.3 is 0 Å². The van der Waals surface area contributed by atoms with Crippen molar-refractivity contribution in [3.63, 3.8) is 0 Å². The van der Waals surface area contributed by atoms with E-state index in [9.17, 15) is 0 Å². The number of hydrogen-bond acceptors (Lipinski definition) is 1. The number of aryl methyl sites for hydroxylation is 2. The molecule has 0 saturated carbocycles. The first kappa shape index (κ1) is 8.62. The van der Waals surface area contributed by atoms with Crippen LogP contribution in [0, 0.1) is 6.92 Å². The van der Waals surface area contributed by atoms with Crippen molar-refractivity contribution in [1.82, 2.24) is 9.78 Å². The molecule has 0 radical (unpaired) electrons. The molecule has 4 heteroatoms. The third-order valence-electron chi connectivity index (χ3n) is 1.37. The fraction of sp³-hybridized carbons (Fsp3) is 0.286. The van der Waals surface area contributed by atoms with E-state index in [1.807, 2.05) is 20.2 Å². The third-order valence-corrected chi connectivity index (χ3v) is 2.01. The van der Waals surface area contributed by atoms with Crippen LogP contribution in [0.5, 0.6) is 0 Å². The van der Waals surface area contributed by atoms with Gasteiger partial charge in [0.25, 0.3) is 0 Å². The zero-order valence-electron chi connectivity index (χ0n) is 6.31. The van der Waals surface area contributed by atoms with E-state index in [1.54, 1.807) is 4.68 Å². The van der Waals surface area contributed by atoms with Gasteiger partial charge in [-0.15, -0.1) is 0 Å². The Morgan fingerprint density at radius 3 is 2.73 bits per heavy atom. The summed E-state index contributed by atoms with van der Waals surface area (Å²) in [6.45, 7) is 1.89. The van der Waals surface area contributed by atoms with Crippen LogP contribution in [0.1, 0.15) is 11.3 Å². The van der Waals surface area contributed by atoms with Crippen LogP contribution >= 0.6 is 23.2 Å². The monoisotopic (exact) mass is 190 g/mol. The molecular formula is C7H8Cl2N2. The normalized spacial score (nSPS) is 12.2. The van der Waals surface area contributed by atoms with Gasteiger partial charge in [-0.25, -0.2) is 0 Å². The number of hydrogen-bond donors (Lipinski definition) is 0. The molecule has 1 aromatic rings. The molecule has 1 heterocycles. The lowest BCUT2D eigenvalue weighted by molar-refractivity contribution is 0.756. The van der Waals surface area contributed by atoms with Gasteiger partial charge in [0.2, 0.25) is 0 Å². The highest BCUT2D eigenvalue weighted by atomic mass is 35.5. The fourth-order valence-corrected chi connectivity index (χ4v) is 1.20.